The Balaban J connectivity index is 1.99. The van der Waals surface area contributed by atoms with E-state index in [9.17, 15) is 0 Å². The fourth-order valence-electron chi connectivity index (χ4n) is 1.78. The minimum atomic E-state index is 0.119. The van der Waals surface area contributed by atoms with E-state index in [-0.39, 0.29) is 12.4 Å². The Labute approximate surface area is 85.9 Å². The molecule has 0 spiro atoms. The van der Waals surface area contributed by atoms with Crippen molar-refractivity contribution in [2.75, 3.05) is 33.4 Å². The summed E-state index contributed by atoms with van der Waals surface area (Å²) in [5, 5.41) is 6.99. The van der Waals surface area contributed by atoms with E-state index in [4.69, 9.17) is 15.9 Å². The van der Waals surface area contributed by atoms with Crippen molar-refractivity contribution >= 4 is 5.84 Å². The third kappa shape index (κ3) is 4.58. The highest BCUT2D eigenvalue weighted by molar-refractivity contribution is 5.78. The smallest absolute Gasteiger partial charge is 0.117 e. The molecule has 3 N–H and O–H groups in total. The highest BCUT2D eigenvalue weighted by Crippen LogP contribution is 2.19. The van der Waals surface area contributed by atoms with Crippen LogP contribution >= 0.6 is 0 Å². The molecular weight excluding hydrogens is 178 g/mol. The summed E-state index contributed by atoms with van der Waals surface area (Å²) < 4.78 is 5.26. The molecule has 82 valence electrons. The number of amidine groups is 1. The summed E-state index contributed by atoms with van der Waals surface area (Å²) in [6, 6.07) is 0. The van der Waals surface area contributed by atoms with Crippen LogP contribution in [0.5, 0.6) is 0 Å². The molecule has 0 atom stereocenters. The Morgan fingerprint density at radius 1 is 1.50 bits per heavy atom. The first-order chi connectivity index (χ1) is 6.68. The zero-order valence-corrected chi connectivity index (χ0v) is 8.96. The van der Waals surface area contributed by atoms with Gasteiger partial charge in [0.05, 0.1) is 0 Å². The van der Waals surface area contributed by atoms with Crippen LogP contribution in [0.3, 0.4) is 0 Å². The molecular formula is C10H21N3O. The van der Waals surface area contributed by atoms with Crippen LogP contribution in [0.25, 0.3) is 0 Å². The van der Waals surface area contributed by atoms with Gasteiger partial charge in [-0.1, -0.05) is 0 Å². The van der Waals surface area contributed by atoms with Crippen LogP contribution in [0.1, 0.15) is 19.3 Å². The van der Waals surface area contributed by atoms with E-state index in [1.165, 1.54) is 25.9 Å². The maximum absolute atomic E-state index is 6.99. The predicted molar refractivity (Wildman–Crippen MR) is 57.6 cm³/mol. The predicted octanol–water partition coefficient (Wildman–Crippen LogP) is 0.671. The largest absolute Gasteiger partial charge is 0.386 e. The van der Waals surface area contributed by atoms with E-state index in [2.05, 4.69) is 11.9 Å². The normalized spacial score (nSPS) is 19.8. The van der Waals surface area contributed by atoms with Gasteiger partial charge in [0.15, 0.2) is 0 Å². The molecule has 1 saturated heterocycles. The number of hydrogen-bond donors (Lipinski definition) is 2. The molecule has 4 heteroatoms. The molecule has 0 radical (unpaired) electrons. The van der Waals surface area contributed by atoms with Crippen molar-refractivity contribution < 1.29 is 4.74 Å². The van der Waals surface area contributed by atoms with Gasteiger partial charge >= 0.3 is 0 Å². The number of nitrogens with one attached hydrogen (secondary N) is 1. The zero-order valence-electron chi connectivity index (χ0n) is 8.96. The lowest BCUT2D eigenvalue weighted by Gasteiger charge is -2.28. The molecule has 0 saturated carbocycles. The van der Waals surface area contributed by atoms with Gasteiger partial charge in [-0.2, -0.15) is 0 Å². The van der Waals surface area contributed by atoms with Crippen molar-refractivity contribution in [3.63, 3.8) is 0 Å². The second-order valence-corrected chi connectivity index (χ2v) is 4.11. The summed E-state index contributed by atoms with van der Waals surface area (Å²) in [5.41, 5.74) is 5.18. The van der Waals surface area contributed by atoms with Gasteiger partial charge in [-0.15, -0.1) is 0 Å². The molecule has 1 aliphatic heterocycles. The molecule has 0 aliphatic carbocycles. The Kier molecular flexibility index (Phi) is 4.90. The van der Waals surface area contributed by atoms with Gasteiger partial charge < -0.3 is 15.4 Å². The van der Waals surface area contributed by atoms with E-state index < -0.39 is 0 Å². The number of nitrogens with zero attached hydrogens (tertiary/aromatic N) is 1. The molecule has 0 bridgehead atoms. The van der Waals surface area contributed by atoms with Gasteiger partial charge in [0, 0.05) is 6.61 Å². The fraction of sp³-hybridized carbons (Fsp3) is 0.900. The van der Waals surface area contributed by atoms with Gasteiger partial charge in [-0.25, -0.2) is 0 Å². The number of rotatable bonds is 5. The molecule has 1 fully saturated rings. The Bertz CT molecular complexity index is 176. The molecule has 0 aromatic carbocycles. The molecule has 0 aromatic heterocycles. The first kappa shape index (κ1) is 11.5. The van der Waals surface area contributed by atoms with E-state index >= 15 is 0 Å². The Morgan fingerprint density at radius 3 is 2.71 bits per heavy atom. The van der Waals surface area contributed by atoms with Crippen LogP contribution in [0.4, 0.5) is 0 Å². The minimum absolute atomic E-state index is 0.119. The van der Waals surface area contributed by atoms with Crippen LogP contribution in [0, 0.1) is 11.3 Å². The lowest BCUT2D eigenvalue weighted by Crippen LogP contribution is -2.30. The number of piperidine rings is 1. The van der Waals surface area contributed by atoms with Crippen LogP contribution in [-0.2, 0) is 4.74 Å². The third-order valence-electron chi connectivity index (χ3n) is 2.77. The first-order valence-corrected chi connectivity index (χ1v) is 5.27. The highest BCUT2D eigenvalue weighted by atomic mass is 16.5. The third-order valence-corrected chi connectivity index (χ3v) is 2.77. The topological polar surface area (TPSA) is 62.3 Å². The summed E-state index contributed by atoms with van der Waals surface area (Å²) >= 11 is 0. The molecule has 0 amide bonds. The zero-order chi connectivity index (χ0) is 10.4. The Hall–Kier alpha value is -0.610. The van der Waals surface area contributed by atoms with E-state index in [0.29, 0.717) is 0 Å². The lowest BCUT2D eigenvalue weighted by atomic mass is 9.94. The molecule has 0 unspecified atom stereocenters. The van der Waals surface area contributed by atoms with Crippen LogP contribution in [0.15, 0.2) is 0 Å². The second kappa shape index (κ2) is 5.98. The van der Waals surface area contributed by atoms with E-state index in [1.807, 2.05) is 0 Å². The lowest BCUT2D eigenvalue weighted by molar-refractivity contribution is 0.130. The maximum Gasteiger partial charge on any atom is 0.117 e. The Morgan fingerprint density at radius 2 is 2.14 bits per heavy atom. The number of ether oxygens (including phenoxy) is 1. The molecule has 0 aromatic rings. The number of nitrogens with two attached hydrogens (primary N) is 1. The van der Waals surface area contributed by atoms with Gasteiger partial charge in [0.25, 0.3) is 0 Å². The molecule has 14 heavy (non-hydrogen) atoms. The standard InChI is InChI=1S/C10H21N3O/c1-13-5-2-9(3-6-13)4-7-14-8-10(11)12/h9H,2-8H2,1H3,(H3,11,12). The second-order valence-electron chi connectivity index (χ2n) is 4.11. The monoisotopic (exact) mass is 199 g/mol. The van der Waals surface area contributed by atoms with Gasteiger partial charge in [0.1, 0.15) is 12.4 Å². The highest BCUT2D eigenvalue weighted by Gasteiger charge is 2.15. The number of likely N-dealkylation sites (tertiary alicyclic amines) is 1. The molecule has 1 rings (SSSR count). The van der Waals surface area contributed by atoms with Gasteiger partial charge in [0.2, 0.25) is 0 Å². The van der Waals surface area contributed by atoms with Crippen molar-refractivity contribution in [3.8, 4) is 0 Å². The number of hydrogen-bond acceptors (Lipinski definition) is 3. The summed E-state index contributed by atoms with van der Waals surface area (Å²) in [5.74, 6) is 0.923. The fourth-order valence-corrected chi connectivity index (χ4v) is 1.78. The first-order valence-electron chi connectivity index (χ1n) is 5.27. The maximum atomic E-state index is 6.99. The van der Waals surface area contributed by atoms with Crippen LogP contribution < -0.4 is 5.73 Å². The summed E-state index contributed by atoms with van der Waals surface area (Å²) in [6.45, 7) is 3.44. The van der Waals surface area contributed by atoms with Crippen molar-refractivity contribution in [1.29, 1.82) is 5.41 Å². The van der Waals surface area contributed by atoms with Crippen molar-refractivity contribution in [1.82, 2.24) is 4.90 Å². The SMILES string of the molecule is CN1CCC(CCOCC(=N)N)CC1. The average Bonchev–Trinajstić information content (AvgIpc) is 2.15. The van der Waals surface area contributed by atoms with Gasteiger partial charge in [-0.05, 0) is 45.3 Å². The van der Waals surface area contributed by atoms with Crippen LogP contribution in [-0.4, -0.2) is 44.1 Å². The molecule has 1 heterocycles. The average molecular weight is 199 g/mol. The molecule has 4 nitrogen and oxygen atoms in total. The van der Waals surface area contributed by atoms with Crippen molar-refractivity contribution in [3.05, 3.63) is 0 Å². The van der Waals surface area contributed by atoms with Crippen molar-refractivity contribution in [2.24, 2.45) is 11.7 Å². The summed E-state index contributed by atoms with van der Waals surface area (Å²) in [4.78, 5) is 2.37. The van der Waals surface area contributed by atoms with Crippen LogP contribution in [0.2, 0.25) is 0 Å². The van der Waals surface area contributed by atoms with E-state index in [0.717, 1.165) is 18.9 Å². The summed E-state index contributed by atoms with van der Waals surface area (Å²) in [6.07, 6.45) is 3.67. The van der Waals surface area contributed by atoms with Gasteiger partial charge in [-0.3, -0.25) is 5.41 Å². The summed E-state index contributed by atoms with van der Waals surface area (Å²) in [7, 11) is 2.17. The minimum Gasteiger partial charge on any atom is -0.386 e. The quantitative estimate of drug-likeness (QED) is 0.388. The van der Waals surface area contributed by atoms with E-state index in [1.54, 1.807) is 0 Å². The molecule has 1 aliphatic rings. The van der Waals surface area contributed by atoms with Crippen molar-refractivity contribution in [2.45, 2.75) is 19.3 Å².